The Hall–Kier alpha value is -1.48. The molecule has 0 radical (unpaired) electrons. The van der Waals surface area contributed by atoms with Crippen LogP contribution in [0.5, 0.6) is 0 Å². The molecule has 1 aromatic carbocycles. The molecule has 2 rings (SSSR count). The molecule has 0 bridgehead atoms. The quantitative estimate of drug-likeness (QED) is 0.675. The molecular weight excluding hydrogens is 188 g/mol. The van der Waals surface area contributed by atoms with Crippen molar-refractivity contribution in [2.24, 2.45) is 0 Å². The average Bonchev–Trinajstić information content (AvgIpc) is 2.08. The van der Waals surface area contributed by atoms with Crippen molar-refractivity contribution >= 4 is 28.3 Å². The van der Waals surface area contributed by atoms with E-state index in [1.54, 1.807) is 24.3 Å². The summed E-state index contributed by atoms with van der Waals surface area (Å²) in [4.78, 5) is 0. The predicted molar refractivity (Wildman–Crippen MR) is 51.5 cm³/mol. The molecule has 3 N–H and O–H groups in total. The van der Waals surface area contributed by atoms with Gasteiger partial charge in [0, 0.05) is 10.4 Å². The summed E-state index contributed by atoms with van der Waals surface area (Å²) in [7, 11) is 0. The van der Waals surface area contributed by atoms with Gasteiger partial charge in [0.2, 0.25) is 5.55 Å². The molecule has 0 aliphatic carbocycles. The van der Waals surface area contributed by atoms with E-state index in [1.807, 2.05) is 0 Å². The standard InChI is InChI=1S/C9H7ClN2O/c10-6-1-2-8-5(3-6)4-7(11)9(12)13-8/h1-4,12H,11H2. The zero-order valence-corrected chi connectivity index (χ0v) is 7.43. The molecule has 1 heterocycles. The van der Waals surface area contributed by atoms with Crippen molar-refractivity contribution < 1.29 is 4.42 Å². The van der Waals surface area contributed by atoms with Gasteiger partial charge in [0.25, 0.3) is 0 Å². The maximum atomic E-state index is 7.33. The second-order valence-corrected chi connectivity index (χ2v) is 3.15. The van der Waals surface area contributed by atoms with Gasteiger partial charge in [-0.25, -0.2) is 0 Å². The van der Waals surface area contributed by atoms with Crippen molar-refractivity contribution in [3.05, 3.63) is 34.8 Å². The molecule has 3 nitrogen and oxygen atoms in total. The van der Waals surface area contributed by atoms with Crippen LogP contribution in [0.4, 0.5) is 5.69 Å². The number of hydrogen-bond acceptors (Lipinski definition) is 3. The predicted octanol–water partition coefficient (Wildman–Crippen LogP) is 2.15. The largest absolute Gasteiger partial charge is 0.437 e. The highest BCUT2D eigenvalue weighted by Crippen LogP contribution is 2.18. The Morgan fingerprint density at radius 1 is 1.31 bits per heavy atom. The van der Waals surface area contributed by atoms with Gasteiger partial charge < -0.3 is 10.2 Å². The lowest BCUT2D eigenvalue weighted by Crippen LogP contribution is -2.05. The Bertz CT molecular complexity index is 518. The zero-order chi connectivity index (χ0) is 9.42. The average molecular weight is 195 g/mol. The van der Waals surface area contributed by atoms with E-state index in [2.05, 4.69) is 0 Å². The highest BCUT2D eigenvalue weighted by molar-refractivity contribution is 6.31. The minimum Gasteiger partial charge on any atom is -0.437 e. The molecule has 66 valence electrons. The molecular formula is C9H7ClN2O. The Kier molecular flexibility index (Phi) is 1.74. The van der Waals surface area contributed by atoms with Crippen LogP contribution in [0.1, 0.15) is 0 Å². The van der Waals surface area contributed by atoms with Gasteiger partial charge in [0.15, 0.2) is 0 Å². The van der Waals surface area contributed by atoms with Gasteiger partial charge in [-0.3, -0.25) is 5.41 Å². The summed E-state index contributed by atoms with van der Waals surface area (Å²) < 4.78 is 5.13. The summed E-state index contributed by atoms with van der Waals surface area (Å²) >= 11 is 5.78. The minimum absolute atomic E-state index is 0.0187. The van der Waals surface area contributed by atoms with Gasteiger partial charge >= 0.3 is 0 Å². The number of nitrogen functional groups attached to an aromatic ring is 1. The molecule has 0 aliphatic rings. The molecule has 0 spiro atoms. The van der Waals surface area contributed by atoms with Crippen molar-refractivity contribution in [1.29, 1.82) is 5.41 Å². The second kappa shape index (κ2) is 2.78. The summed E-state index contributed by atoms with van der Waals surface area (Å²) in [5.74, 6) is 0. The molecule has 0 fully saturated rings. The van der Waals surface area contributed by atoms with E-state index in [1.165, 1.54) is 0 Å². The van der Waals surface area contributed by atoms with Crippen LogP contribution in [0.15, 0.2) is 28.7 Å². The van der Waals surface area contributed by atoms with Crippen LogP contribution in [0.25, 0.3) is 11.0 Å². The van der Waals surface area contributed by atoms with Crippen LogP contribution in [-0.2, 0) is 0 Å². The second-order valence-electron chi connectivity index (χ2n) is 2.71. The van der Waals surface area contributed by atoms with Crippen molar-refractivity contribution in [3.8, 4) is 0 Å². The number of hydrogen-bond donors (Lipinski definition) is 2. The number of fused-ring (bicyclic) bond motifs is 1. The Balaban J connectivity index is 2.89. The zero-order valence-electron chi connectivity index (χ0n) is 6.67. The van der Waals surface area contributed by atoms with Gasteiger partial charge in [-0.2, -0.15) is 0 Å². The monoisotopic (exact) mass is 194 g/mol. The maximum absolute atomic E-state index is 7.33. The van der Waals surface area contributed by atoms with Crippen molar-refractivity contribution in [3.63, 3.8) is 0 Å². The van der Waals surface area contributed by atoms with E-state index in [4.69, 9.17) is 27.2 Å². The number of rotatable bonds is 0. The van der Waals surface area contributed by atoms with Crippen LogP contribution >= 0.6 is 11.6 Å². The molecule has 1 aromatic heterocycles. The molecule has 4 heteroatoms. The SMILES string of the molecule is N=c1oc2ccc(Cl)cc2cc1N. The number of halogens is 1. The third-order valence-electron chi connectivity index (χ3n) is 1.76. The first kappa shape index (κ1) is 8.13. The van der Waals surface area contributed by atoms with E-state index >= 15 is 0 Å². The summed E-state index contributed by atoms with van der Waals surface area (Å²) in [6, 6.07) is 6.85. The van der Waals surface area contributed by atoms with Crippen LogP contribution in [-0.4, -0.2) is 0 Å². The van der Waals surface area contributed by atoms with Gasteiger partial charge in [-0.05, 0) is 24.3 Å². The molecule has 0 aliphatic heterocycles. The number of nitrogens with one attached hydrogen (secondary N) is 1. The first-order chi connectivity index (χ1) is 6.16. The lowest BCUT2D eigenvalue weighted by molar-refractivity contribution is 0.537. The third-order valence-corrected chi connectivity index (χ3v) is 1.99. The maximum Gasteiger partial charge on any atom is 0.235 e. The van der Waals surface area contributed by atoms with E-state index in [0.29, 0.717) is 16.3 Å². The van der Waals surface area contributed by atoms with E-state index in [9.17, 15) is 0 Å². The summed E-state index contributed by atoms with van der Waals surface area (Å²) in [5, 5.41) is 8.76. The van der Waals surface area contributed by atoms with Gasteiger partial charge in [-0.15, -0.1) is 0 Å². The van der Waals surface area contributed by atoms with Gasteiger partial charge in [-0.1, -0.05) is 11.6 Å². The fourth-order valence-corrected chi connectivity index (χ4v) is 1.31. The lowest BCUT2D eigenvalue weighted by atomic mass is 10.2. The molecule has 0 saturated heterocycles. The topological polar surface area (TPSA) is 63.0 Å². The van der Waals surface area contributed by atoms with E-state index in [-0.39, 0.29) is 5.55 Å². The highest BCUT2D eigenvalue weighted by Gasteiger charge is 1.99. The summed E-state index contributed by atoms with van der Waals surface area (Å²) in [6.45, 7) is 0. The van der Waals surface area contributed by atoms with Crippen molar-refractivity contribution in [2.45, 2.75) is 0 Å². The fraction of sp³-hybridized carbons (Fsp3) is 0. The number of anilines is 1. The molecule has 0 saturated carbocycles. The molecule has 2 aromatic rings. The van der Waals surface area contributed by atoms with Gasteiger partial charge in [0.05, 0.1) is 5.69 Å². The smallest absolute Gasteiger partial charge is 0.235 e. The first-order valence-corrected chi connectivity index (χ1v) is 4.08. The van der Waals surface area contributed by atoms with Crippen LogP contribution in [0.3, 0.4) is 0 Å². The van der Waals surface area contributed by atoms with Crippen LogP contribution < -0.4 is 11.3 Å². The van der Waals surface area contributed by atoms with Crippen LogP contribution in [0, 0.1) is 5.41 Å². The minimum atomic E-state index is -0.0187. The van der Waals surface area contributed by atoms with Gasteiger partial charge in [0.1, 0.15) is 5.58 Å². The van der Waals surface area contributed by atoms with Crippen LogP contribution in [0.2, 0.25) is 5.02 Å². The molecule has 0 unspecified atom stereocenters. The Morgan fingerprint density at radius 2 is 2.08 bits per heavy atom. The fourth-order valence-electron chi connectivity index (χ4n) is 1.13. The van der Waals surface area contributed by atoms with E-state index in [0.717, 1.165) is 5.39 Å². The summed E-state index contributed by atoms with van der Waals surface area (Å²) in [5.41, 5.74) is 6.42. The molecule has 0 atom stereocenters. The summed E-state index contributed by atoms with van der Waals surface area (Å²) in [6.07, 6.45) is 0. The first-order valence-electron chi connectivity index (χ1n) is 3.70. The Morgan fingerprint density at radius 3 is 2.85 bits per heavy atom. The third kappa shape index (κ3) is 1.38. The molecule has 0 amide bonds. The normalized spacial score (nSPS) is 10.5. The highest BCUT2D eigenvalue weighted by atomic mass is 35.5. The lowest BCUT2D eigenvalue weighted by Gasteiger charge is -1.98. The number of benzene rings is 1. The van der Waals surface area contributed by atoms with Crippen molar-refractivity contribution in [2.75, 3.05) is 5.73 Å². The Labute approximate surface area is 79.2 Å². The van der Waals surface area contributed by atoms with Crippen molar-refractivity contribution in [1.82, 2.24) is 0 Å². The number of nitrogens with two attached hydrogens (primary N) is 1. The van der Waals surface area contributed by atoms with E-state index < -0.39 is 0 Å². The molecule has 13 heavy (non-hydrogen) atoms.